The highest BCUT2D eigenvalue weighted by atomic mass is 79.9. The minimum absolute atomic E-state index is 0.0159. The third-order valence-electron chi connectivity index (χ3n) is 3.12. The fourth-order valence-electron chi connectivity index (χ4n) is 2.15. The van der Waals surface area contributed by atoms with Crippen LogP contribution in [0.15, 0.2) is 53.0 Å². The molecule has 0 aliphatic rings. The van der Waals surface area contributed by atoms with Crippen molar-refractivity contribution in [2.75, 3.05) is 19.0 Å². The number of methoxy groups -OCH3 is 1. The van der Waals surface area contributed by atoms with Crippen LogP contribution in [0.25, 0.3) is 0 Å². The Morgan fingerprint density at radius 1 is 1.15 bits per heavy atom. The van der Waals surface area contributed by atoms with Gasteiger partial charge in [-0.2, -0.15) is 0 Å². The van der Waals surface area contributed by atoms with Crippen molar-refractivity contribution in [2.24, 2.45) is 0 Å². The van der Waals surface area contributed by atoms with Crippen LogP contribution in [0, 0.1) is 0 Å². The van der Waals surface area contributed by atoms with Crippen molar-refractivity contribution in [3.8, 4) is 0 Å². The molecule has 1 atom stereocenters. The molecule has 0 heterocycles. The summed E-state index contributed by atoms with van der Waals surface area (Å²) in [6, 6.07) is 15.7. The predicted octanol–water partition coefficient (Wildman–Crippen LogP) is 3.74. The Kier molecular flexibility index (Phi) is 5.59. The highest BCUT2D eigenvalue weighted by Crippen LogP contribution is 2.27. The largest absolute Gasteiger partial charge is 0.394 e. The zero-order chi connectivity index (χ0) is 14.4. The zero-order valence-corrected chi connectivity index (χ0v) is 12.9. The second kappa shape index (κ2) is 7.43. The molecular formula is C16H18BrNO2. The first kappa shape index (κ1) is 15.0. The van der Waals surface area contributed by atoms with Gasteiger partial charge in [-0.15, -0.1) is 0 Å². The Labute approximate surface area is 127 Å². The first-order valence-electron chi connectivity index (χ1n) is 6.45. The van der Waals surface area contributed by atoms with E-state index in [0.717, 1.165) is 21.3 Å². The Balaban J connectivity index is 2.27. The van der Waals surface area contributed by atoms with Crippen molar-refractivity contribution in [3.63, 3.8) is 0 Å². The van der Waals surface area contributed by atoms with Gasteiger partial charge in [0, 0.05) is 17.3 Å². The summed E-state index contributed by atoms with van der Waals surface area (Å²) in [5.74, 6) is 0. The Hall–Kier alpha value is -1.36. The molecule has 0 spiro atoms. The number of aliphatic hydroxyl groups is 1. The van der Waals surface area contributed by atoms with Gasteiger partial charge in [0.1, 0.15) is 0 Å². The van der Waals surface area contributed by atoms with Crippen molar-refractivity contribution in [1.82, 2.24) is 0 Å². The number of halogens is 1. The van der Waals surface area contributed by atoms with E-state index in [4.69, 9.17) is 4.74 Å². The monoisotopic (exact) mass is 335 g/mol. The second-order valence-corrected chi connectivity index (χ2v) is 5.35. The van der Waals surface area contributed by atoms with Crippen molar-refractivity contribution in [1.29, 1.82) is 0 Å². The lowest BCUT2D eigenvalue weighted by Gasteiger charge is -2.21. The molecule has 2 rings (SSSR count). The van der Waals surface area contributed by atoms with Crippen LogP contribution in [-0.4, -0.2) is 18.8 Å². The number of para-hydroxylation sites is 1. The number of hydrogen-bond acceptors (Lipinski definition) is 3. The quantitative estimate of drug-likeness (QED) is 0.844. The van der Waals surface area contributed by atoms with Gasteiger partial charge in [0.2, 0.25) is 0 Å². The van der Waals surface area contributed by atoms with Crippen LogP contribution in [0.3, 0.4) is 0 Å². The van der Waals surface area contributed by atoms with E-state index >= 15 is 0 Å². The molecule has 0 bridgehead atoms. The summed E-state index contributed by atoms with van der Waals surface area (Å²) in [5.41, 5.74) is 3.08. The average molecular weight is 336 g/mol. The number of anilines is 1. The highest BCUT2D eigenvalue weighted by Gasteiger charge is 2.15. The Bertz CT molecular complexity index is 560. The fourth-order valence-corrected chi connectivity index (χ4v) is 2.55. The van der Waals surface area contributed by atoms with Crippen LogP contribution in [0.4, 0.5) is 5.69 Å². The van der Waals surface area contributed by atoms with Gasteiger partial charge in [-0.1, -0.05) is 36.4 Å². The van der Waals surface area contributed by atoms with E-state index < -0.39 is 0 Å². The molecule has 2 aromatic carbocycles. The number of benzene rings is 2. The smallest absolute Gasteiger partial charge is 0.0748 e. The van der Waals surface area contributed by atoms with Crippen molar-refractivity contribution < 1.29 is 9.84 Å². The molecule has 0 saturated carbocycles. The van der Waals surface area contributed by atoms with Crippen LogP contribution in [-0.2, 0) is 11.3 Å². The third-order valence-corrected chi connectivity index (χ3v) is 3.81. The van der Waals surface area contributed by atoms with Gasteiger partial charge in [0.15, 0.2) is 0 Å². The standard InChI is InChI=1S/C16H18BrNO2/c1-20-11-12-6-2-3-7-13(12)16(10-19)18-15-9-5-4-8-14(15)17/h2-9,16,18-19H,10-11H2,1H3. The maximum Gasteiger partial charge on any atom is 0.0748 e. The number of aliphatic hydroxyl groups excluding tert-OH is 1. The van der Waals surface area contributed by atoms with Crippen molar-refractivity contribution in [2.45, 2.75) is 12.6 Å². The second-order valence-electron chi connectivity index (χ2n) is 4.49. The molecule has 1 unspecified atom stereocenters. The summed E-state index contributed by atoms with van der Waals surface area (Å²) >= 11 is 3.51. The van der Waals surface area contributed by atoms with E-state index in [1.165, 1.54) is 0 Å². The summed E-state index contributed by atoms with van der Waals surface area (Å²) in [6.45, 7) is 0.548. The van der Waals surface area contributed by atoms with Crippen molar-refractivity contribution >= 4 is 21.6 Å². The lowest BCUT2D eigenvalue weighted by atomic mass is 10.0. The molecular weight excluding hydrogens is 318 g/mol. The molecule has 2 aromatic rings. The highest BCUT2D eigenvalue weighted by molar-refractivity contribution is 9.10. The lowest BCUT2D eigenvalue weighted by molar-refractivity contribution is 0.183. The van der Waals surface area contributed by atoms with E-state index in [1.807, 2.05) is 48.5 Å². The van der Waals surface area contributed by atoms with Crippen LogP contribution in [0.2, 0.25) is 0 Å². The van der Waals surface area contributed by atoms with Gasteiger partial charge < -0.3 is 15.2 Å². The molecule has 0 radical (unpaired) electrons. The molecule has 2 N–H and O–H groups in total. The molecule has 20 heavy (non-hydrogen) atoms. The molecule has 4 heteroatoms. The van der Waals surface area contributed by atoms with E-state index in [2.05, 4.69) is 21.2 Å². The number of ether oxygens (including phenoxy) is 1. The third kappa shape index (κ3) is 3.60. The summed E-state index contributed by atoms with van der Waals surface area (Å²) < 4.78 is 6.19. The van der Waals surface area contributed by atoms with E-state index in [1.54, 1.807) is 7.11 Å². The van der Waals surface area contributed by atoms with E-state index in [9.17, 15) is 5.11 Å². The number of nitrogens with one attached hydrogen (secondary N) is 1. The molecule has 0 aromatic heterocycles. The first-order chi connectivity index (χ1) is 9.76. The number of rotatable bonds is 6. The summed E-state index contributed by atoms with van der Waals surface area (Å²) in [4.78, 5) is 0. The lowest BCUT2D eigenvalue weighted by Crippen LogP contribution is -2.17. The normalized spacial score (nSPS) is 12.2. The van der Waals surface area contributed by atoms with Gasteiger partial charge in [0.05, 0.1) is 19.3 Å². The Morgan fingerprint density at radius 3 is 2.55 bits per heavy atom. The fraction of sp³-hybridized carbons (Fsp3) is 0.250. The van der Waals surface area contributed by atoms with Gasteiger partial charge in [0.25, 0.3) is 0 Å². The zero-order valence-electron chi connectivity index (χ0n) is 11.3. The molecule has 106 valence electrons. The van der Waals surface area contributed by atoms with E-state index in [0.29, 0.717) is 6.61 Å². The minimum atomic E-state index is -0.167. The maximum atomic E-state index is 9.71. The first-order valence-corrected chi connectivity index (χ1v) is 7.24. The van der Waals surface area contributed by atoms with Gasteiger partial charge in [-0.05, 0) is 39.2 Å². The van der Waals surface area contributed by atoms with Crippen LogP contribution < -0.4 is 5.32 Å². The van der Waals surface area contributed by atoms with Gasteiger partial charge >= 0.3 is 0 Å². The van der Waals surface area contributed by atoms with Gasteiger partial charge in [-0.25, -0.2) is 0 Å². The maximum absolute atomic E-state index is 9.71. The average Bonchev–Trinajstić information content (AvgIpc) is 2.48. The molecule has 0 saturated heterocycles. The Morgan fingerprint density at radius 2 is 1.85 bits per heavy atom. The molecule has 0 fully saturated rings. The molecule has 0 aliphatic heterocycles. The van der Waals surface area contributed by atoms with Crippen LogP contribution in [0.1, 0.15) is 17.2 Å². The molecule has 0 amide bonds. The number of hydrogen-bond donors (Lipinski definition) is 2. The van der Waals surface area contributed by atoms with Crippen molar-refractivity contribution in [3.05, 3.63) is 64.1 Å². The topological polar surface area (TPSA) is 41.5 Å². The summed E-state index contributed by atoms with van der Waals surface area (Å²) in [7, 11) is 1.67. The van der Waals surface area contributed by atoms with E-state index in [-0.39, 0.29) is 12.6 Å². The molecule has 3 nitrogen and oxygen atoms in total. The van der Waals surface area contributed by atoms with Crippen LogP contribution in [0.5, 0.6) is 0 Å². The van der Waals surface area contributed by atoms with Gasteiger partial charge in [-0.3, -0.25) is 0 Å². The van der Waals surface area contributed by atoms with Crippen LogP contribution >= 0.6 is 15.9 Å². The minimum Gasteiger partial charge on any atom is -0.394 e. The summed E-state index contributed by atoms with van der Waals surface area (Å²) in [6.07, 6.45) is 0. The summed E-state index contributed by atoms with van der Waals surface area (Å²) in [5, 5.41) is 13.1. The predicted molar refractivity (Wildman–Crippen MR) is 84.7 cm³/mol. The SMILES string of the molecule is COCc1ccccc1C(CO)Nc1ccccc1Br. The molecule has 0 aliphatic carbocycles.